The normalized spacial score (nSPS) is 14.1. The zero-order chi connectivity index (χ0) is 34.0. The van der Waals surface area contributed by atoms with Crippen LogP contribution in [0.25, 0.3) is 22.4 Å². The molecule has 250 valence electrons. The smallest absolute Gasteiger partial charge is 0.497 e. The topological polar surface area (TPSA) is 137 Å². The summed E-state index contributed by atoms with van der Waals surface area (Å²) in [6.45, 7) is 8.13. The predicted molar refractivity (Wildman–Crippen MR) is 174 cm³/mol. The predicted octanol–water partition coefficient (Wildman–Crippen LogP) is 4.88. The minimum atomic E-state index is -1.04. The molecular formula is C35H42N4O8. The van der Waals surface area contributed by atoms with Gasteiger partial charge in [-0.2, -0.15) is 0 Å². The zero-order valence-corrected chi connectivity index (χ0v) is 27.5. The fourth-order valence-electron chi connectivity index (χ4n) is 4.97. The van der Waals surface area contributed by atoms with Crippen molar-refractivity contribution in [2.24, 2.45) is 0 Å². The number of carbonyl (C=O) groups is 4. The number of piperazine rings is 1. The maximum absolute atomic E-state index is 13.9. The van der Waals surface area contributed by atoms with Crippen LogP contribution in [0.5, 0.6) is 5.75 Å². The number of hydrogen-bond donors (Lipinski definition) is 1. The quantitative estimate of drug-likeness (QED) is 0.287. The van der Waals surface area contributed by atoms with E-state index in [2.05, 4.69) is 10.3 Å². The third kappa shape index (κ3) is 10.3. The maximum Gasteiger partial charge on any atom is 0.527 e. The summed E-state index contributed by atoms with van der Waals surface area (Å²) in [6, 6.07) is 19.5. The molecule has 0 unspecified atom stereocenters. The largest absolute Gasteiger partial charge is 0.527 e. The maximum atomic E-state index is 13.9. The molecule has 47 heavy (non-hydrogen) atoms. The second kappa shape index (κ2) is 16.0. The van der Waals surface area contributed by atoms with E-state index in [1.807, 2.05) is 60.7 Å². The molecule has 0 radical (unpaired) electrons. The first kappa shape index (κ1) is 34.9. The first-order valence-electron chi connectivity index (χ1n) is 15.6. The number of amides is 2. The van der Waals surface area contributed by atoms with Gasteiger partial charge in [-0.05, 0) is 69.5 Å². The van der Waals surface area contributed by atoms with Gasteiger partial charge in [-0.15, -0.1) is 5.06 Å². The van der Waals surface area contributed by atoms with E-state index < -0.39 is 29.7 Å². The molecule has 3 aromatic rings. The lowest BCUT2D eigenvalue weighted by Crippen LogP contribution is -2.55. The monoisotopic (exact) mass is 646 g/mol. The van der Waals surface area contributed by atoms with Crippen molar-refractivity contribution in [1.29, 1.82) is 0 Å². The molecular weight excluding hydrogens is 604 g/mol. The van der Waals surface area contributed by atoms with Gasteiger partial charge in [0.2, 0.25) is 5.91 Å². The minimum absolute atomic E-state index is 0.0166. The van der Waals surface area contributed by atoms with Gasteiger partial charge in [-0.3, -0.25) is 14.4 Å². The summed E-state index contributed by atoms with van der Waals surface area (Å²) in [5.41, 5.74) is 2.41. The van der Waals surface area contributed by atoms with Gasteiger partial charge in [0.25, 0.3) is 5.91 Å². The molecule has 12 heteroatoms. The van der Waals surface area contributed by atoms with Crippen molar-refractivity contribution >= 4 is 23.9 Å². The third-order valence-electron chi connectivity index (χ3n) is 7.23. The summed E-state index contributed by atoms with van der Waals surface area (Å²) < 4.78 is 15.6. The van der Waals surface area contributed by atoms with Crippen molar-refractivity contribution in [2.45, 2.75) is 52.2 Å². The summed E-state index contributed by atoms with van der Waals surface area (Å²) in [4.78, 5) is 63.4. The Morgan fingerprint density at radius 2 is 1.57 bits per heavy atom. The van der Waals surface area contributed by atoms with E-state index in [9.17, 15) is 19.2 Å². The lowest BCUT2D eigenvalue weighted by Gasteiger charge is -2.35. The van der Waals surface area contributed by atoms with Crippen molar-refractivity contribution in [3.63, 3.8) is 0 Å². The second-order valence-corrected chi connectivity index (χ2v) is 11.9. The zero-order valence-electron chi connectivity index (χ0n) is 27.5. The Morgan fingerprint density at radius 3 is 2.19 bits per heavy atom. The molecule has 1 N–H and O–H groups in total. The van der Waals surface area contributed by atoms with Crippen LogP contribution >= 0.6 is 0 Å². The molecule has 12 nitrogen and oxygen atoms in total. The number of aromatic nitrogens is 1. The average molecular weight is 647 g/mol. The first-order valence-corrected chi connectivity index (χ1v) is 15.6. The van der Waals surface area contributed by atoms with Crippen LogP contribution in [0, 0.1) is 0 Å². The van der Waals surface area contributed by atoms with E-state index in [0.29, 0.717) is 11.4 Å². The number of methoxy groups -OCH3 is 1. The number of hydroxylamine groups is 2. The fourth-order valence-corrected chi connectivity index (χ4v) is 4.97. The molecule has 1 fully saturated rings. The Bertz CT molecular complexity index is 1530. The van der Waals surface area contributed by atoms with Crippen molar-refractivity contribution in [3.8, 4) is 28.1 Å². The number of nitrogens with one attached hydrogen (secondary N) is 1. The highest BCUT2D eigenvalue weighted by atomic mass is 16.8. The number of pyridine rings is 1. The van der Waals surface area contributed by atoms with Crippen LogP contribution in [0.4, 0.5) is 4.79 Å². The van der Waals surface area contributed by atoms with Gasteiger partial charge in [0.05, 0.1) is 32.5 Å². The van der Waals surface area contributed by atoms with Crippen LogP contribution in [0.15, 0.2) is 66.7 Å². The Hall–Kier alpha value is -4.97. The van der Waals surface area contributed by atoms with E-state index in [4.69, 9.17) is 19.0 Å². The van der Waals surface area contributed by atoms with Crippen LogP contribution in [0.2, 0.25) is 0 Å². The molecule has 2 aromatic carbocycles. The molecule has 2 heterocycles. The van der Waals surface area contributed by atoms with Crippen LogP contribution in [0.1, 0.15) is 51.0 Å². The highest BCUT2D eigenvalue weighted by molar-refractivity contribution is 5.98. The van der Waals surface area contributed by atoms with E-state index in [-0.39, 0.29) is 57.2 Å². The SMILES string of the molecule is CCOC(=O)ON1CCN(C(=O)[C@H](CCC(=O)OC(C)(C)C)NC(=O)c2cc(-c3ccc(OC)cc3)cc(-c3ccccc3)n2)CC1. The number of carbonyl (C=O) groups excluding carboxylic acids is 4. The Balaban J connectivity index is 1.58. The van der Waals surface area contributed by atoms with Crippen LogP contribution in [0.3, 0.4) is 0 Å². The number of hydrogen-bond acceptors (Lipinski definition) is 10. The van der Waals surface area contributed by atoms with Gasteiger partial charge >= 0.3 is 12.1 Å². The second-order valence-electron chi connectivity index (χ2n) is 11.9. The van der Waals surface area contributed by atoms with Crippen molar-refractivity contribution in [3.05, 3.63) is 72.4 Å². The van der Waals surface area contributed by atoms with E-state index in [1.54, 1.807) is 45.8 Å². The highest BCUT2D eigenvalue weighted by Crippen LogP contribution is 2.28. The van der Waals surface area contributed by atoms with Crippen LogP contribution in [-0.4, -0.2) is 90.4 Å². The molecule has 0 bridgehead atoms. The molecule has 1 atom stereocenters. The molecule has 4 rings (SSSR count). The Morgan fingerprint density at radius 1 is 0.894 bits per heavy atom. The summed E-state index contributed by atoms with van der Waals surface area (Å²) in [5, 5.41) is 4.27. The lowest BCUT2D eigenvalue weighted by molar-refractivity contribution is -0.158. The Kier molecular flexibility index (Phi) is 11.9. The van der Waals surface area contributed by atoms with Crippen molar-refractivity contribution in [2.75, 3.05) is 39.9 Å². The van der Waals surface area contributed by atoms with Gasteiger partial charge in [0, 0.05) is 25.1 Å². The molecule has 0 saturated carbocycles. The lowest BCUT2D eigenvalue weighted by atomic mass is 10.0. The molecule has 1 aliphatic rings. The molecule has 0 spiro atoms. The molecule has 1 aliphatic heterocycles. The number of rotatable bonds is 11. The molecule has 1 saturated heterocycles. The molecule has 2 amide bonds. The van der Waals surface area contributed by atoms with E-state index in [0.717, 1.165) is 16.7 Å². The van der Waals surface area contributed by atoms with Crippen molar-refractivity contribution in [1.82, 2.24) is 20.3 Å². The van der Waals surface area contributed by atoms with Gasteiger partial charge in [-0.1, -0.05) is 42.5 Å². The third-order valence-corrected chi connectivity index (χ3v) is 7.23. The van der Waals surface area contributed by atoms with Gasteiger partial charge in [0.1, 0.15) is 23.1 Å². The average Bonchev–Trinajstić information content (AvgIpc) is 3.06. The minimum Gasteiger partial charge on any atom is -0.497 e. The Labute approximate surface area is 274 Å². The van der Waals surface area contributed by atoms with Gasteiger partial charge < -0.3 is 29.3 Å². The van der Waals surface area contributed by atoms with Crippen LogP contribution < -0.4 is 10.1 Å². The van der Waals surface area contributed by atoms with E-state index in [1.165, 1.54) is 5.06 Å². The first-order chi connectivity index (χ1) is 22.5. The highest BCUT2D eigenvalue weighted by Gasteiger charge is 2.31. The van der Waals surface area contributed by atoms with Gasteiger partial charge in [0.15, 0.2) is 0 Å². The number of ether oxygens (including phenoxy) is 3. The summed E-state index contributed by atoms with van der Waals surface area (Å²) in [7, 11) is 1.59. The molecule has 0 aliphatic carbocycles. The summed E-state index contributed by atoms with van der Waals surface area (Å²) in [5.74, 6) is -0.719. The van der Waals surface area contributed by atoms with Gasteiger partial charge in [-0.25, -0.2) is 9.78 Å². The number of benzene rings is 2. The number of esters is 1. The molecule has 1 aromatic heterocycles. The van der Waals surface area contributed by atoms with E-state index >= 15 is 0 Å². The van der Waals surface area contributed by atoms with Crippen molar-refractivity contribution < 1.29 is 38.2 Å². The van der Waals surface area contributed by atoms with Crippen LogP contribution in [-0.2, 0) is 23.9 Å². The fraction of sp³-hybridized carbons (Fsp3) is 0.400. The standard InChI is InChI=1S/C35H42N4O8/c1-6-45-34(43)47-39-20-18-38(19-21-39)33(42)28(16-17-31(40)46-35(2,3)4)37-32(41)30-23-26(24-12-14-27(44-5)15-13-24)22-29(36-30)25-10-8-7-9-11-25/h7-15,22-23,28H,6,16-21H2,1-5H3,(H,37,41)/t28-/m0/s1. The summed E-state index contributed by atoms with van der Waals surface area (Å²) in [6.07, 6.45) is -0.883. The number of nitrogens with zero attached hydrogens (tertiary/aromatic N) is 3. The summed E-state index contributed by atoms with van der Waals surface area (Å²) >= 11 is 0.